The number of hydrogen-bond acceptors (Lipinski definition) is 4. The average Bonchev–Trinajstić information content (AvgIpc) is 2.84. The average molecular weight is 290 g/mol. The Morgan fingerprint density at radius 1 is 1.25 bits per heavy atom. The largest absolute Gasteiger partial charge is 0.477 e. The highest BCUT2D eigenvalue weighted by molar-refractivity contribution is 7.12. The van der Waals surface area contributed by atoms with Crippen molar-refractivity contribution < 1.29 is 14.7 Å². The van der Waals surface area contributed by atoms with Gasteiger partial charge in [-0.05, 0) is 35.2 Å². The van der Waals surface area contributed by atoms with Crippen LogP contribution in [0.25, 0.3) is 0 Å². The summed E-state index contributed by atoms with van der Waals surface area (Å²) in [6, 6.07) is 9.06. The predicted molar refractivity (Wildman–Crippen MR) is 79.4 cm³/mol. The zero-order chi connectivity index (χ0) is 14.5. The number of carboxylic acids is 1. The van der Waals surface area contributed by atoms with E-state index in [9.17, 15) is 9.59 Å². The molecule has 0 saturated heterocycles. The third-order valence-corrected chi connectivity index (χ3v) is 3.55. The predicted octanol–water partition coefficient (Wildman–Crippen LogP) is 3.02. The van der Waals surface area contributed by atoms with E-state index in [1.54, 1.807) is 23.6 Å². The Hall–Kier alpha value is -2.34. The van der Waals surface area contributed by atoms with Crippen molar-refractivity contribution in [3.8, 4) is 0 Å². The Balaban J connectivity index is 2.05. The van der Waals surface area contributed by atoms with E-state index in [0.717, 1.165) is 11.3 Å². The number of hydrogen-bond donors (Lipinski definition) is 3. The molecule has 0 aliphatic rings. The summed E-state index contributed by atoms with van der Waals surface area (Å²) in [6.45, 7) is 1.87. The van der Waals surface area contributed by atoms with E-state index in [-0.39, 0.29) is 5.91 Å². The van der Waals surface area contributed by atoms with Gasteiger partial charge in [0.1, 0.15) is 4.88 Å². The summed E-state index contributed by atoms with van der Waals surface area (Å²) in [5, 5.41) is 16.6. The molecule has 2 aromatic rings. The Morgan fingerprint density at radius 2 is 2.00 bits per heavy atom. The second-order valence-corrected chi connectivity index (χ2v) is 5.11. The van der Waals surface area contributed by atoms with Crippen LogP contribution in [-0.2, 0) is 11.3 Å². The number of aromatic carboxylic acids is 1. The fraction of sp³-hybridized carbons (Fsp3) is 0.143. The number of carboxylic acid groups (broad SMARTS) is 1. The van der Waals surface area contributed by atoms with E-state index in [1.165, 1.54) is 18.3 Å². The monoisotopic (exact) mass is 290 g/mol. The SMILES string of the molecule is CC(=O)Nc1cccc(NCc2ccsc2C(=O)O)c1. The smallest absolute Gasteiger partial charge is 0.346 e. The van der Waals surface area contributed by atoms with E-state index in [1.807, 2.05) is 12.1 Å². The molecule has 0 saturated carbocycles. The lowest BCUT2D eigenvalue weighted by molar-refractivity contribution is -0.114. The number of amides is 1. The van der Waals surface area contributed by atoms with Crippen molar-refractivity contribution in [1.82, 2.24) is 0 Å². The minimum Gasteiger partial charge on any atom is -0.477 e. The Morgan fingerprint density at radius 3 is 2.70 bits per heavy atom. The highest BCUT2D eigenvalue weighted by Gasteiger charge is 2.11. The van der Waals surface area contributed by atoms with Crippen molar-refractivity contribution in [2.75, 3.05) is 10.6 Å². The van der Waals surface area contributed by atoms with Crippen LogP contribution in [-0.4, -0.2) is 17.0 Å². The van der Waals surface area contributed by atoms with E-state index in [2.05, 4.69) is 10.6 Å². The van der Waals surface area contributed by atoms with Gasteiger partial charge in [0.25, 0.3) is 0 Å². The minimum atomic E-state index is -0.913. The zero-order valence-electron chi connectivity index (χ0n) is 10.8. The van der Waals surface area contributed by atoms with Crippen LogP contribution in [0.1, 0.15) is 22.2 Å². The van der Waals surface area contributed by atoms with E-state index in [0.29, 0.717) is 17.1 Å². The van der Waals surface area contributed by atoms with Gasteiger partial charge in [-0.1, -0.05) is 6.07 Å². The van der Waals surface area contributed by atoms with Gasteiger partial charge in [0.15, 0.2) is 0 Å². The maximum absolute atomic E-state index is 11.0. The Labute approximate surface area is 120 Å². The molecule has 0 aliphatic carbocycles. The van der Waals surface area contributed by atoms with Crippen molar-refractivity contribution in [3.05, 3.63) is 46.2 Å². The van der Waals surface area contributed by atoms with Crippen LogP contribution < -0.4 is 10.6 Å². The third-order valence-electron chi connectivity index (χ3n) is 2.61. The van der Waals surface area contributed by atoms with Crippen LogP contribution in [0.5, 0.6) is 0 Å². The standard InChI is InChI=1S/C14H14N2O3S/c1-9(17)16-12-4-2-3-11(7-12)15-8-10-5-6-20-13(10)14(18)19/h2-7,15H,8H2,1H3,(H,16,17)(H,18,19). The zero-order valence-corrected chi connectivity index (χ0v) is 11.7. The summed E-state index contributed by atoms with van der Waals surface area (Å²) in [6.07, 6.45) is 0. The van der Waals surface area contributed by atoms with Gasteiger partial charge in [-0.2, -0.15) is 0 Å². The fourth-order valence-electron chi connectivity index (χ4n) is 1.77. The molecule has 2 rings (SSSR count). The molecular weight excluding hydrogens is 276 g/mol. The highest BCUT2D eigenvalue weighted by atomic mass is 32.1. The highest BCUT2D eigenvalue weighted by Crippen LogP contribution is 2.20. The molecule has 0 bridgehead atoms. The number of benzene rings is 1. The maximum atomic E-state index is 11.0. The van der Waals surface area contributed by atoms with E-state index >= 15 is 0 Å². The quantitative estimate of drug-likeness (QED) is 0.791. The second kappa shape index (κ2) is 6.21. The van der Waals surface area contributed by atoms with E-state index < -0.39 is 5.97 Å². The molecule has 0 atom stereocenters. The summed E-state index contributed by atoms with van der Waals surface area (Å²) >= 11 is 1.21. The van der Waals surface area contributed by atoms with Crippen molar-refractivity contribution in [2.24, 2.45) is 0 Å². The van der Waals surface area contributed by atoms with Crippen LogP contribution in [0.3, 0.4) is 0 Å². The molecule has 0 unspecified atom stereocenters. The first-order valence-corrected chi connectivity index (χ1v) is 6.85. The molecule has 0 aliphatic heterocycles. The topological polar surface area (TPSA) is 78.4 Å². The van der Waals surface area contributed by atoms with Crippen molar-refractivity contribution in [2.45, 2.75) is 13.5 Å². The molecule has 1 aromatic carbocycles. The van der Waals surface area contributed by atoms with Gasteiger partial charge >= 0.3 is 5.97 Å². The van der Waals surface area contributed by atoms with Gasteiger partial charge in [0.05, 0.1) is 0 Å². The lowest BCUT2D eigenvalue weighted by atomic mass is 10.2. The minimum absolute atomic E-state index is 0.131. The molecule has 6 heteroatoms. The van der Waals surface area contributed by atoms with Crippen LogP contribution >= 0.6 is 11.3 Å². The number of rotatable bonds is 5. The molecule has 5 nitrogen and oxygen atoms in total. The molecule has 3 N–H and O–H groups in total. The number of carbonyl (C=O) groups excluding carboxylic acids is 1. The van der Waals surface area contributed by atoms with Crippen LogP contribution in [0.15, 0.2) is 35.7 Å². The van der Waals surface area contributed by atoms with E-state index in [4.69, 9.17) is 5.11 Å². The molecule has 0 radical (unpaired) electrons. The number of nitrogens with one attached hydrogen (secondary N) is 2. The number of thiophene rings is 1. The maximum Gasteiger partial charge on any atom is 0.346 e. The van der Waals surface area contributed by atoms with Crippen LogP contribution in [0.4, 0.5) is 11.4 Å². The summed E-state index contributed by atoms with van der Waals surface area (Å²) in [5.74, 6) is -1.04. The van der Waals surface area contributed by atoms with Crippen LogP contribution in [0, 0.1) is 0 Å². The van der Waals surface area contributed by atoms with Crippen molar-refractivity contribution in [1.29, 1.82) is 0 Å². The van der Waals surface area contributed by atoms with Crippen LogP contribution in [0.2, 0.25) is 0 Å². The second-order valence-electron chi connectivity index (χ2n) is 4.20. The summed E-state index contributed by atoms with van der Waals surface area (Å²) in [7, 11) is 0. The lowest BCUT2D eigenvalue weighted by Crippen LogP contribution is -2.07. The van der Waals surface area contributed by atoms with Gasteiger partial charge in [0, 0.05) is 24.8 Å². The van der Waals surface area contributed by atoms with Gasteiger partial charge in [-0.25, -0.2) is 4.79 Å². The Kier molecular flexibility index (Phi) is 4.37. The molecule has 1 heterocycles. The third kappa shape index (κ3) is 3.58. The molecule has 0 fully saturated rings. The molecule has 104 valence electrons. The molecule has 20 heavy (non-hydrogen) atoms. The number of carbonyl (C=O) groups is 2. The van der Waals surface area contributed by atoms with Gasteiger partial charge < -0.3 is 15.7 Å². The lowest BCUT2D eigenvalue weighted by Gasteiger charge is -2.08. The van der Waals surface area contributed by atoms with Gasteiger partial charge in [-0.3, -0.25) is 4.79 Å². The first-order chi connectivity index (χ1) is 9.56. The summed E-state index contributed by atoms with van der Waals surface area (Å²) in [5.41, 5.74) is 2.26. The van der Waals surface area contributed by atoms with Crippen molar-refractivity contribution in [3.63, 3.8) is 0 Å². The normalized spacial score (nSPS) is 10.1. The fourth-order valence-corrected chi connectivity index (χ4v) is 2.53. The number of anilines is 2. The Bertz CT molecular complexity index is 637. The molecule has 1 aromatic heterocycles. The summed E-state index contributed by atoms with van der Waals surface area (Å²) < 4.78 is 0. The summed E-state index contributed by atoms with van der Waals surface area (Å²) in [4.78, 5) is 22.3. The molecular formula is C14H14N2O3S. The van der Waals surface area contributed by atoms with Gasteiger partial charge in [-0.15, -0.1) is 11.3 Å². The molecule has 1 amide bonds. The molecule has 0 spiro atoms. The van der Waals surface area contributed by atoms with Gasteiger partial charge in [0.2, 0.25) is 5.91 Å². The first kappa shape index (κ1) is 14.1. The first-order valence-electron chi connectivity index (χ1n) is 5.97. The van der Waals surface area contributed by atoms with Crippen molar-refractivity contribution >= 4 is 34.6 Å².